The molecular formula is C15H17N3S. The summed E-state index contributed by atoms with van der Waals surface area (Å²) in [6.45, 7) is 3.57. The highest BCUT2D eigenvalue weighted by molar-refractivity contribution is 7.09. The van der Waals surface area contributed by atoms with E-state index in [0.717, 1.165) is 23.7 Å². The molecule has 1 aromatic carbocycles. The molecule has 3 aromatic rings. The molecule has 0 aliphatic heterocycles. The van der Waals surface area contributed by atoms with E-state index in [9.17, 15) is 0 Å². The Kier molecular flexibility index (Phi) is 3.36. The predicted octanol–water partition coefficient (Wildman–Crippen LogP) is 2.96. The van der Waals surface area contributed by atoms with Crippen LogP contribution in [0, 0.1) is 6.92 Å². The van der Waals surface area contributed by atoms with E-state index < -0.39 is 0 Å². The summed E-state index contributed by atoms with van der Waals surface area (Å²) in [5, 5.41) is 4.56. The molecule has 3 rings (SSSR count). The minimum absolute atomic E-state index is 0.690. The van der Waals surface area contributed by atoms with Crippen LogP contribution in [0.1, 0.15) is 16.3 Å². The Morgan fingerprint density at radius 1 is 1.32 bits per heavy atom. The van der Waals surface area contributed by atoms with Gasteiger partial charge in [0.1, 0.15) is 0 Å². The lowest BCUT2D eigenvalue weighted by Gasteiger charge is -2.05. The van der Waals surface area contributed by atoms with Crippen LogP contribution < -0.4 is 5.73 Å². The molecule has 0 unspecified atom stereocenters. The third-order valence-corrected chi connectivity index (χ3v) is 4.14. The number of nitrogens with zero attached hydrogens (tertiary/aromatic N) is 2. The number of thiazole rings is 1. The van der Waals surface area contributed by atoms with Gasteiger partial charge in [0.2, 0.25) is 0 Å². The minimum atomic E-state index is 0.690. The molecule has 0 amide bonds. The summed E-state index contributed by atoms with van der Waals surface area (Å²) >= 11 is 1.70. The van der Waals surface area contributed by atoms with E-state index in [-0.39, 0.29) is 0 Å². The van der Waals surface area contributed by atoms with Gasteiger partial charge >= 0.3 is 0 Å². The van der Waals surface area contributed by atoms with Gasteiger partial charge in [-0.15, -0.1) is 11.3 Å². The molecule has 2 aromatic heterocycles. The Morgan fingerprint density at radius 2 is 2.21 bits per heavy atom. The molecule has 19 heavy (non-hydrogen) atoms. The fraction of sp³-hybridized carbons (Fsp3) is 0.267. The molecule has 4 heteroatoms. The Bertz CT molecular complexity index is 696. The molecular weight excluding hydrogens is 254 g/mol. The topological polar surface area (TPSA) is 43.8 Å². The van der Waals surface area contributed by atoms with Gasteiger partial charge in [-0.25, -0.2) is 4.98 Å². The normalized spacial score (nSPS) is 11.3. The quantitative estimate of drug-likeness (QED) is 0.793. The van der Waals surface area contributed by atoms with Crippen LogP contribution in [-0.4, -0.2) is 16.1 Å². The number of hydrogen-bond donors (Lipinski definition) is 1. The van der Waals surface area contributed by atoms with Crippen molar-refractivity contribution in [3.63, 3.8) is 0 Å². The highest BCUT2D eigenvalue weighted by Crippen LogP contribution is 2.22. The van der Waals surface area contributed by atoms with Crippen molar-refractivity contribution in [1.82, 2.24) is 9.55 Å². The van der Waals surface area contributed by atoms with Crippen LogP contribution >= 0.6 is 11.3 Å². The fourth-order valence-electron chi connectivity index (χ4n) is 2.45. The molecule has 0 atom stereocenters. The van der Waals surface area contributed by atoms with E-state index >= 15 is 0 Å². The molecule has 0 bridgehead atoms. The summed E-state index contributed by atoms with van der Waals surface area (Å²) in [6.07, 6.45) is 3.07. The molecule has 2 heterocycles. The SMILES string of the molecule is Cc1nc(Cn2ccc3c(CCN)cccc32)cs1. The Balaban J connectivity index is 1.98. The molecule has 0 spiro atoms. The molecule has 0 saturated carbocycles. The van der Waals surface area contributed by atoms with Crippen LogP contribution in [0.2, 0.25) is 0 Å². The second kappa shape index (κ2) is 5.15. The van der Waals surface area contributed by atoms with E-state index in [1.807, 2.05) is 6.92 Å². The maximum Gasteiger partial charge on any atom is 0.0898 e. The number of fused-ring (bicyclic) bond motifs is 1. The van der Waals surface area contributed by atoms with E-state index in [2.05, 4.69) is 45.4 Å². The van der Waals surface area contributed by atoms with Gasteiger partial charge in [-0.3, -0.25) is 0 Å². The fourth-order valence-corrected chi connectivity index (χ4v) is 3.06. The highest BCUT2D eigenvalue weighted by atomic mass is 32.1. The first-order valence-electron chi connectivity index (χ1n) is 6.46. The zero-order valence-corrected chi connectivity index (χ0v) is 11.8. The lowest BCUT2D eigenvalue weighted by atomic mass is 10.1. The van der Waals surface area contributed by atoms with Gasteiger partial charge in [0, 0.05) is 22.5 Å². The van der Waals surface area contributed by atoms with Gasteiger partial charge < -0.3 is 10.3 Å². The maximum absolute atomic E-state index is 5.67. The van der Waals surface area contributed by atoms with Crippen molar-refractivity contribution < 1.29 is 0 Å². The Labute approximate surface area is 116 Å². The first-order valence-corrected chi connectivity index (χ1v) is 7.33. The lowest BCUT2D eigenvalue weighted by molar-refractivity contribution is 0.811. The Hall–Kier alpha value is -1.65. The molecule has 2 N–H and O–H groups in total. The largest absolute Gasteiger partial charge is 0.341 e. The summed E-state index contributed by atoms with van der Waals surface area (Å²) in [4.78, 5) is 4.53. The summed E-state index contributed by atoms with van der Waals surface area (Å²) in [5.74, 6) is 0. The van der Waals surface area contributed by atoms with Crippen molar-refractivity contribution in [2.45, 2.75) is 19.9 Å². The number of aryl methyl sites for hydroxylation is 1. The molecule has 0 saturated heterocycles. The third-order valence-electron chi connectivity index (χ3n) is 3.32. The smallest absolute Gasteiger partial charge is 0.0898 e. The van der Waals surface area contributed by atoms with Crippen LogP contribution in [0.3, 0.4) is 0 Å². The van der Waals surface area contributed by atoms with Crippen LogP contribution in [-0.2, 0) is 13.0 Å². The first-order chi connectivity index (χ1) is 9.28. The molecule has 0 fully saturated rings. The molecule has 98 valence electrons. The number of hydrogen-bond acceptors (Lipinski definition) is 3. The van der Waals surface area contributed by atoms with Crippen LogP contribution in [0.25, 0.3) is 10.9 Å². The summed E-state index contributed by atoms with van der Waals surface area (Å²) < 4.78 is 2.25. The second-order valence-corrected chi connectivity index (χ2v) is 5.75. The zero-order chi connectivity index (χ0) is 13.2. The van der Waals surface area contributed by atoms with Crippen molar-refractivity contribution in [3.05, 3.63) is 52.1 Å². The van der Waals surface area contributed by atoms with Crippen molar-refractivity contribution in [2.24, 2.45) is 5.73 Å². The molecule has 3 nitrogen and oxygen atoms in total. The van der Waals surface area contributed by atoms with Gasteiger partial charge in [-0.1, -0.05) is 12.1 Å². The average molecular weight is 271 g/mol. The first kappa shape index (κ1) is 12.4. The van der Waals surface area contributed by atoms with Gasteiger partial charge in [-0.2, -0.15) is 0 Å². The number of rotatable bonds is 4. The number of benzene rings is 1. The van der Waals surface area contributed by atoms with E-state index in [1.165, 1.54) is 16.5 Å². The zero-order valence-electron chi connectivity index (χ0n) is 11.0. The predicted molar refractivity (Wildman–Crippen MR) is 80.6 cm³/mol. The van der Waals surface area contributed by atoms with Crippen LogP contribution in [0.4, 0.5) is 0 Å². The van der Waals surface area contributed by atoms with Crippen LogP contribution in [0.5, 0.6) is 0 Å². The van der Waals surface area contributed by atoms with Gasteiger partial charge in [0.15, 0.2) is 0 Å². The lowest BCUT2D eigenvalue weighted by Crippen LogP contribution is -2.03. The van der Waals surface area contributed by atoms with E-state index in [4.69, 9.17) is 5.73 Å². The third kappa shape index (κ3) is 2.41. The monoisotopic (exact) mass is 271 g/mol. The minimum Gasteiger partial charge on any atom is -0.341 e. The van der Waals surface area contributed by atoms with E-state index in [1.54, 1.807) is 11.3 Å². The van der Waals surface area contributed by atoms with Crippen molar-refractivity contribution in [3.8, 4) is 0 Å². The van der Waals surface area contributed by atoms with Gasteiger partial charge in [0.05, 0.1) is 17.2 Å². The van der Waals surface area contributed by atoms with Crippen molar-refractivity contribution >= 4 is 22.2 Å². The van der Waals surface area contributed by atoms with E-state index in [0.29, 0.717) is 6.54 Å². The standard InChI is InChI=1S/C15H17N3S/c1-11-17-13(10-19-11)9-18-8-6-14-12(5-7-16)3-2-4-15(14)18/h2-4,6,8,10H,5,7,9,16H2,1H3. The molecule has 0 aliphatic rings. The summed E-state index contributed by atoms with van der Waals surface area (Å²) in [7, 11) is 0. The average Bonchev–Trinajstić information content (AvgIpc) is 2.99. The maximum atomic E-state index is 5.67. The second-order valence-electron chi connectivity index (χ2n) is 4.69. The van der Waals surface area contributed by atoms with Crippen molar-refractivity contribution in [2.75, 3.05) is 6.54 Å². The van der Waals surface area contributed by atoms with Crippen molar-refractivity contribution in [1.29, 1.82) is 0 Å². The summed E-state index contributed by atoms with van der Waals surface area (Å²) in [6, 6.07) is 8.61. The Morgan fingerprint density at radius 3 is 2.95 bits per heavy atom. The number of aromatic nitrogens is 2. The summed E-state index contributed by atoms with van der Waals surface area (Å²) in [5.41, 5.74) is 9.39. The number of nitrogens with two attached hydrogens (primary N) is 1. The molecule has 0 aliphatic carbocycles. The molecule has 0 radical (unpaired) electrons. The highest BCUT2D eigenvalue weighted by Gasteiger charge is 2.06. The van der Waals surface area contributed by atoms with Crippen LogP contribution in [0.15, 0.2) is 35.8 Å². The van der Waals surface area contributed by atoms with Gasteiger partial charge in [0.25, 0.3) is 0 Å². The van der Waals surface area contributed by atoms with Gasteiger partial charge in [-0.05, 0) is 37.6 Å².